The summed E-state index contributed by atoms with van der Waals surface area (Å²) in [5.41, 5.74) is 0. The van der Waals surface area contributed by atoms with Gasteiger partial charge in [0, 0.05) is 17.7 Å². The van der Waals surface area contributed by atoms with E-state index in [9.17, 15) is 9.59 Å². The van der Waals surface area contributed by atoms with Gasteiger partial charge in [-0.05, 0) is 37.1 Å². The fourth-order valence-electron chi connectivity index (χ4n) is 2.36. The van der Waals surface area contributed by atoms with Crippen molar-refractivity contribution in [3.63, 3.8) is 0 Å². The second-order valence-electron chi connectivity index (χ2n) is 5.91. The van der Waals surface area contributed by atoms with Gasteiger partial charge in [-0.15, -0.1) is 11.8 Å². The molecule has 25 heavy (non-hydrogen) atoms. The third kappa shape index (κ3) is 11.5. The Morgan fingerprint density at radius 2 is 1.44 bits per heavy atom. The molecular formula is C19H28O5S. The highest BCUT2D eigenvalue weighted by Gasteiger charge is 2.05. The quantitative estimate of drug-likeness (QED) is 0.340. The number of carboxylic acid groups (broad SMARTS) is 2. The molecule has 5 nitrogen and oxygen atoms in total. The number of benzene rings is 1. The van der Waals surface area contributed by atoms with E-state index in [1.807, 2.05) is 24.3 Å². The van der Waals surface area contributed by atoms with Gasteiger partial charge in [0.15, 0.2) is 0 Å². The molecule has 0 aliphatic heterocycles. The number of hydrogen-bond donors (Lipinski definition) is 2. The first-order chi connectivity index (χ1) is 12.1. The Bertz CT molecular complexity index is 518. The van der Waals surface area contributed by atoms with Crippen molar-refractivity contribution in [3.8, 4) is 5.75 Å². The number of para-hydroxylation sites is 1. The first kappa shape index (κ1) is 21.4. The van der Waals surface area contributed by atoms with Crippen LogP contribution in [0.2, 0.25) is 0 Å². The molecule has 0 fully saturated rings. The SMILES string of the molecule is O=C(O)CCCCCCCCOc1ccccc1SCCCC(=O)O. The van der Waals surface area contributed by atoms with Crippen molar-refractivity contribution in [2.75, 3.05) is 12.4 Å². The van der Waals surface area contributed by atoms with E-state index in [2.05, 4.69) is 0 Å². The van der Waals surface area contributed by atoms with Gasteiger partial charge in [0.2, 0.25) is 0 Å². The van der Waals surface area contributed by atoms with Crippen LogP contribution in [0.4, 0.5) is 0 Å². The highest BCUT2D eigenvalue weighted by atomic mass is 32.2. The summed E-state index contributed by atoms with van der Waals surface area (Å²) in [6.07, 6.45) is 7.10. The van der Waals surface area contributed by atoms with Gasteiger partial charge in [-0.1, -0.05) is 37.8 Å². The zero-order chi connectivity index (χ0) is 18.3. The minimum Gasteiger partial charge on any atom is -0.492 e. The van der Waals surface area contributed by atoms with Gasteiger partial charge in [0.1, 0.15) is 5.75 Å². The van der Waals surface area contributed by atoms with Gasteiger partial charge in [-0.25, -0.2) is 0 Å². The van der Waals surface area contributed by atoms with Crippen molar-refractivity contribution in [2.24, 2.45) is 0 Å². The summed E-state index contributed by atoms with van der Waals surface area (Å²) in [7, 11) is 0. The van der Waals surface area contributed by atoms with E-state index in [0.29, 0.717) is 13.0 Å². The Labute approximate surface area is 153 Å². The van der Waals surface area contributed by atoms with E-state index in [-0.39, 0.29) is 12.8 Å². The first-order valence-corrected chi connectivity index (χ1v) is 9.86. The molecule has 0 heterocycles. The van der Waals surface area contributed by atoms with Crippen LogP contribution in [0.15, 0.2) is 29.2 Å². The highest BCUT2D eigenvalue weighted by Crippen LogP contribution is 2.29. The monoisotopic (exact) mass is 368 g/mol. The Morgan fingerprint density at radius 1 is 0.840 bits per heavy atom. The minimum absolute atomic E-state index is 0.197. The van der Waals surface area contributed by atoms with Crippen molar-refractivity contribution in [3.05, 3.63) is 24.3 Å². The van der Waals surface area contributed by atoms with Crippen LogP contribution in [0.3, 0.4) is 0 Å². The molecular weight excluding hydrogens is 340 g/mol. The van der Waals surface area contributed by atoms with Crippen LogP contribution in [-0.4, -0.2) is 34.5 Å². The van der Waals surface area contributed by atoms with Crippen LogP contribution in [0.1, 0.15) is 57.8 Å². The van der Waals surface area contributed by atoms with Gasteiger partial charge in [-0.3, -0.25) is 9.59 Å². The number of carbonyl (C=O) groups is 2. The standard InChI is InChI=1S/C19H28O5S/c20-18(21)12-5-3-1-2-4-8-14-24-16-10-6-7-11-17(16)25-15-9-13-19(22)23/h6-7,10-11H,1-5,8-9,12-15H2,(H,20,21)(H,22,23). The molecule has 140 valence electrons. The van der Waals surface area contributed by atoms with E-state index in [1.54, 1.807) is 11.8 Å². The fourth-order valence-corrected chi connectivity index (χ4v) is 3.31. The molecule has 0 radical (unpaired) electrons. The smallest absolute Gasteiger partial charge is 0.303 e. The molecule has 0 saturated carbocycles. The van der Waals surface area contributed by atoms with Crippen LogP contribution in [0.5, 0.6) is 5.75 Å². The molecule has 2 N–H and O–H groups in total. The Hall–Kier alpha value is -1.69. The Kier molecular flexibility index (Phi) is 11.6. The molecule has 0 unspecified atom stereocenters. The number of rotatable bonds is 15. The lowest BCUT2D eigenvalue weighted by Crippen LogP contribution is -1.99. The lowest BCUT2D eigenvalue weighted by Gasteiger charge is -2.11. The molecule has 0 saturated heterocycles. The van der Waals surface area contributed by atoms with Crippen molar-refractivity contribution in [2.45, 2.75) is 62.7 Å². The van der Waals surface area contributed by atoms with Gasteiger partial charge >= 0.3 is 11.9 Å². The molecule has 0 aliphatic rings. The van der Waals surface area contributed by atoms with E-state index < -0.39 is 11.9 Å². The summed E-state index contributed by atoms with van der Waals surface area (Å²) >= 11 is 1.63. The molecule has 1 aromatic carbocycles. The molecule has 0 aromatic heterocycles. The summed E-state index contributed by atoms with van der Waals surface area (Å²) < 4.78 is 5.86. The van der Waals surface area contributed by atoms with E-state index in [1.165, 1.54) is 0 Å². The lowest BCUT2D eigenvalue weighted by atomic mass is 10.1. The maximum Gasteiger partial charge on any atom is 0.303 e. The van der Waals surface area contributed by atoms with Crippen LogP contribution >= 0.6 is 11.8 Å². The van der Waals surface area contributed by atoms with E-state index in [0.717, 1.165) is 54.9 Å². The number of carboxylic acids is 2. The van der Waals surface area contributed by atoms with E-state index >= 15 is 0 Å². The molecule has 0 amide bonds. The Morgan fingerprint density at radius 3 is 2.16 bits per heavy atom. The van der Waals surface area contributed by atoms with Crippen molar-refractivity contribution in [1.29, 1.82) is 0 Å². The van der Waals surface area contributed by atoms with Crippen LogP contribution in [0, 0.1) is 0 Å². The number of hydrogen-bond acceptors (Lipinski definition) is 4. The highest BCUT2D eigenvalue weighted by molar-refractivity contribution is 7.99. The second-order valence-corrected chi connectivity index (χ2v) is 7.04. The minimum atomic E-state index is -0.756. The average molecular weight is 368 g/mol. The van der Waals surface area contributed by atoms with Gasteiger partial charge < -0.3 is 14.9 Å². The average Bonchev–Trinajstić information content (AvgIpc) is 2.58. The van der Waals surface area contributed by atoms with E-state index in [4.69, 9.17) is 14.9 Å². The summed E-state index contributed by atoms with van der Waals surface area (Å²) in [5.74, 6) is 0.161. The molecule has 1 aromatic rings. The van der Waals surface area contributed by atoms with Crippen LogP contribution in [0.25, 0.3) is 0 Å². The second kappa shape index (κ2) is 13.6. The molecule has 0 bridgehead atoms. The molecule has 0 spiro atoms. The normalized spacial score (nSPS) is 10.6. The topological polar surface area (TPSA) is 83.8 Å². The third-order valence-corrected chi connectivity index (χ3v) is 4.83. The molecule has 0 atom stereocenters. The number of ether oxygens (including phenoxy) is 1. The zero-order valence-corrected chi connectivity index (χ0v) is 15.4. The van der Waals surface area contributed by atoms with Crippen molar-refractivity contribution < 1.29 is 24.5 Å². The fraction of sp³-hybridized carbons (Fsp3) is 0.579. The number of thioether (sulfide) groups is 1. The number of unbranched alkanes of at least 4 members (excludes halogenated alkanes) is 5. The predicted octanol–water partition coefficient (Wildman–Crippen LogP) is 4.84. The van der Waals surface area contributed by atoms with Crippen LogP contribution < -0.4 is 4.74 Å². The largest absolute Gasteiger partial charge is 0.492 e. The summed E-state index contributed by atoms with van der Waals surface area (Å²) in [6, 6.07) is 7.86. The molecule has 6 heteroatoms. The zero-order valence-electron chi connectivity index (χ0n) is 14.6. The first-order valence-electron chi connectivity index (χ1n) is 8.88. The third-order valence-electron chi connectivity index (χ3n) is 3.68. The summed E-state index contributed by atoms with van der Waals surface area (Å²) in [5, 5.41) is 17.2. The summed E-state index contributed by atoms with van der Waals surface area (Å²) in [6.45, 7) is 0.668. The maximum atomic E-state index is 10.5. The lowest BCUT2D eigenvalue weighted by molar-refractivity contribution is -0.138. The predicted molar refractivity (Wildman–Crippen MR) is 99.5 cm³/mol. The van der Waals surface area contributed by atoms with Crippen molar-refractivity contribution in [1.82, 2.24) is 0 Å². The van der Waals surface area contributed by atoms with Crippen molar-refractivity contribution >= 4 is 23.7 Å². The van der Waals surface area contributed by atoms with Gasteiger partial charge in [0.25, 0.3) is 0 Å². The molecule has 0 aliphatic carbocycles. The van der Waals surface area contributed by atoms with Gasteiger partial charge in [-0.2, -0.15) is 0 Å². The van der Waals surface area contributed by atoms with Crippen LogP contribution in [-0.2, 0) is 9.59 Å². The van der Waals surface area contributed by atoms with Gasteiger partial charge in [0.05, 0.1) is 6.61 Å². The molecule has 1 rings (SSSR count). The maximum absolute atomic E-state index is 10.5. The summed E-state index contributed by atoms with van der Waals surface area (Å²) in [4.78, 5) is 22.0. The Balaban J connectivity index is 2.13. The number of aliphatic carboxylic acids is 2.